The van der Waals surface area contributed by atoms with E-state index in [1.54, 1.807) is 0 Å². The predicted octanol–water partition coefficient (Wildman–Crippen LogP) is 2.50. The summed E-state index contributed by atoms with van der Waals surface area (Å²) in [5.74, 6) is 0.617. The van der Waals surface area contributed by atoms with Crippen LogP contribution >= 0.6 is 0 Å². The summed E-state index contributed by atoms with van der Waals surface area (Å²) >= 11 is 0. The van der Waals surface area contributed by atoms with E-state index in [9.17, 15) is 0 Å². The number of piperidine rings is 1. The zero-order valence-corrected chi connectivity index (χ0v) is 11.8. The zero-order chi connectivity index (χ0) is 13.5. The van der Waals surface area contributed by atoms with E-state index in [4.69, 9.17) is 5.11 Å². The van der Waals surface area contributed by atoms with E-state index in [0.29, 0.717) is 12.5 Å². The monoisotopic (exact) mass is 263 g/mol. The molecule has 0 aromatic carbocycles. The van der Waals surface area contributed by atoms with Crippen LogP contribution in [0.25, 0.3) is 0 Å². The predicted molar refractivity (Wildman–Crippen MR) is 79.7 cm³/mol. The average Bonchev–Trinajstić information content (AvgIpc) is 2.46. The molecule has 2 rings (SSSR count). The highest BCUT2D eigenvalue weighted by atomic mass is 16.3. The third kappa shape index (κ3) is 4.10. The first-order valence-electron chi connectivity index (χ1n) is 7.38. The molecular formula is C15H25N3O. The highest BCUT2D eigenvalue weighted by molar-refractivity contribution is 5.55. The minimum Gasteiger partial charge on any atom is -0.396 e. The lowest BCUT2D eigenvalue weighted by molar-refractivity contribution is 0.244. The summed E-state index contributed by atoms with van der Waals surface area (Å²) in [7, 11) is 0. The van der Waals surface area contributed by atoms with E-state index < -0.39 is 0 Å². The molecule has 0 bridgehead atoms. The van der Waals surface area contributed by atoms with E-state index in [1.165, 1.54) is 18.5 Å². The molecule has 1 aromatic rings. The summed E-state index contributed by atoms with van der Waals surface area (Å²) in [4.78, 5) is 6.73. The second-order valence-electron chi connectivity index (χ2n) is 5.33. The van der Waals surface area contributed by atoms with Gasteiger partial charge >= 0.3 is 0 Å². The van der Waals surface area contributed by atoms with Crippen LogP contribution in [0.5, 0.6) is 0 Å². The first kappa shape index (κ1) is 14.1. The molecule has 1 unspecified atom stereocenters. The van der Waals surface area contributed by atoms with Gasteiger partial charge in [0.05, 0.1) is 23.8 Å². The Kier molecular flexibility index (Phi) is 5.45. The summed E-state index contributed by atoms with van der Waals surface area (Å²) in [6.45, 7) is 5.59. The quantitative estimate of drug-likeness (QED) is 0.828. The van der Waals surface area contributed by atoms with Crippen molar-refractivity contribution in [3.63, 3.8) is 0 Å². The van der Waals surface area contributed by atoms with E-state index in [0.717, 1.165) is 38.2 Å². The van der Waals surface area contributed by atoms with Gasteiger partial charge in [0.15, 0.2) is 0 Å². The van der Waals surface area contributed by atoms with Crippen LogP contribution in [0.3, 0.4) is 0 Å². The Morgan fingerprint density at radius 2 is 2.37 bits per heavy atom. The molecule has 4 heteroatoms. The minimum absolute atomic E-state index is 0.300. The van der Waals surface area contributed by atoms with Gasteiger partial charge in [-0.1, -0.05) is 6.92 Å². The number of anilines is 2. The molecule has 2 N–H and O–H groups in total. The van der Waals surface area contributed by atoms with Crippen molar-refractivity contribution < 1.29 is 5.11 Å². The molecular weight excluding hydrogens is 238 g/mol. The molecule has 1 aliphatic heterocycles. The molecule has 4 nitrogen and oxygen atoms in total. The molecule has 1 saturated heterocycles. The van der Waals surface area contributed by atoms with Crippen LogP contribution < -0.4 is 10.2 Å². The van der Waals surface area contributed by atoms with Crippen LogP contribution in [0.1, 0.15) is 32.6 Å². The Labute approximate surface area is 115 Å². The highest BCUT2D eigenvalue weighted by Crippen LogP contribution is 2.25. The number of rotatable bonds is 6. The van der Waals surface area contributed by atoms with Gasteiger partial charge in [-0.15, -0.1) is 0 Å². The minimum atomic E-state index is 0.300. The number of hydrogen-bond acceptors (Lipinski definition) is 4. The number of nitrogens with zero attached hydrogens (tertiary/aromatic N) is 2. The Morgan fingerprint density at radius 3 is 3.16 bits per heavy atom. The Hall–Kier alpha value is -1.29. The average molecular weight is 263 g/mol. The number of pyridine rings is 1. The summed E-state index contributed by atoms with van der Waals surface area (Å²) in [5.41, 5.74) is 2.30. The largest absolute Gasteiger partial charge is 0.396 e. The molecule has 19 heavy (non-hydrogen) atoms. The van der Waals surface area contributed by atoms with Gasteiger partial charge in [-0.05, 0) is 37.7 Å². The van der Waals surface area contributed by atoms with Gasteiger partial charge in [-0.3, -0.25) is 4.98 Å². The van der Waals surface area contributed by atoms with Crippen molar-refractivity contribution >= 4 is 11.4 Å². The van der Waals surface area contributed by atoms with Gasteiger partial charge in [-0.2, -0.15) is 0 Å². The van der Waals surface area contributed by atoms with E-state index >= 15 is 0 Å². The van der Waals surface area contributed by atoms with Crippen molar-refractivity contribution in [1.82, 2.24) is 4.98 Å². The first-order valence-corrected chi connectivity index (χ1v) is 7.38. The Bertz CT molecular complexity index is 381. The fourth-order valence-corrected chi connectivity index (χ4v) is 2.68. The highest BCUT2D eigenvalue weighted by Gasteiger charge is 2.20. The molecule has 0 saturated carbocycles. The third-order valence-electron chi connectivity index (χ3n) is 3.72. The van der Waals surface area contributed by atoms with Crippen LogP contribution in [-0.4, -0.2) is 36.3 Å². The lowest BCUT2D eigenvalue weighted by Crippen LogP contribution is -2.35. The second kappa shape index (κ2) is 7.34. The van der Waals surface area contributed by atoms with Crippen LogP contribution in [0.4, 0.5) is 11.4 Å². The second-order valence-corrected chi connectivity index (χ2v) is 5.33. The van der Waals surface area contributed by atoms with Crippen molar-refractivity contribution in [2.75, 3.05) is 36.5 Å². The molecule has 1 aromatic heterocycles. The normalized spacial score (nSPS) is 19.5. The number of aliphatic hydroxyl groups is 1. The SMILES string of the molecule is CCCNc1cncc(N2CCCC(CCO)C2)c1. The molecule has 0 aliphatic carbocycles. The molecule has 2 heterocycles. The fourth-order valence-electron chi connectivity index (χ4n) is 2.68. The smallest absolute Gasteiger partial charge is 0.0573 e. The molecule has 0 spiro atoms. The maximum atomic E-state index is 9.08. The van der Waals surface area contributed by atoms with Gasteiger partial charge in [0, 0.05) is 26.2 Å². The molecule has 1 fully saturated rings. The summed E-state index contributed by atoms with van der Waals surface area (Å²) in [6, 6.07) is 2.18. The number of nitrogens with one attached hydrogen (secondary N) is 1. The van der Waals surface area contributed by atoms with Gasteiger partial charge in [0.2, 0.25) is 0 Å². The first-order chi connectivity index (χ1) is 9.33. The maximum absolute atomic E-state index is 9.08. The van der Waals surface area contributed by atoms with Crippen molar-refractivity contribution in [3.8, 4) is 0 Å². The topological polar surface area (TPSA) is 48.4 Å². The molecule has 1 atom stereocenters. The van der Waals surface area contributed by atoms with E-state index in [2.05, 4.69) is 28.2 Å². The molecule has 0 radical (unpaired) electrons. The van der Waals surface area contributed by atoms with E-state index in [-0.39, 0.29) is 0 Å². The van der Waals surface area contributed by atoms with Crippen LogP contribution in [0.2, 0.25) is 0 Å². The molecule has 1 aliphatic rings. The maximum Gasteiger partial charge on any atom is 0.0573 e. The van der Waals surface area contributed by atoms with Crippen molar-refractivity contribution in [2.24, 2.45) is 5.92 Å². The van der Waals surface area contributed by atoms with Crippen LogP contribution in [0, 0.1) is 5.92 Å². The van der Waals surface area contributed by atoms with Crippen molar-refractivity contribution in [3.05, 3.63) is 18.5 Å². The molecule has 0 amide bonds. The van der Waals surface area contributed by atoms with Gasteiger partial charge in [0.25, 0.3) is 0 Å². The fraction of sp³-hybridized carbons (Fsp3) is 0.667. The lowest BCUT2D eigenvalue weighted by Gasteiger charge is -2.34. The van der Waals surface area contributed by atoms with Gasteiger partial charge in [0.1, 0.15) is 0 Å². The van der Waals surface area contributed by atoms with Crippen molar-refractivity contribution in [1.29, 1.82) is 0 Å². The number of aromatic nitrogens is 1. The van der Waals surface area contributed by atoms with Crippen molar-refractivity contribution in [2.45, 2.75) is 32.6 Å². The Balaban J connectivity index is 1.99. The van der Waals surface area contributed by atoms with Gasteiger partial charge in [-0.25, -0.2) is 0 Å². The number of hydrogen-bond donors (Lipinski definition) is 2. The van der Waals surface area contributed by atoms with Crippen LogP contribution in [0.15, 0.2) is 18.5 Å². The third-order valence-corrected chi connectivity index (χ3v) is 3.72. The lowest BCUT2D eigenvalue weighted by atomic mass is 9.95. The summed E-state index contributed by atoms with van der Waals surface area (Å²) in [6.07, 6.45) is 8.30. The van der Waals surface area contributed by atoms with Crippen LogP contribution in [-0.2, 0) is 0 Å². The Morgan fingerprint density at radius 1 is 1.47 bits per heavy atom. The zero-order valence-electron chi connectivity index (χ0n) is 11.8. The number of aliphatic hydroxyl groups excluding tert-OH is 1. The summed E-state index contributed by atoms with van der Waals surface area (Å²) < 4.78 is 0. The standard InChI is InChI=1S/C15H25N3O/c1-2-6-17-14-9-15(11-16-10-14)18-7-3-4-13(12-18)5-8-19/h9-11,13,17,19H,2-8,12H2,1H3. The molecule has 106 valence electrons. The van der Waals surface area contributed by atoms with Gasteiger partial charge < -0.3 is 15.3 Å². The summed E-state index contributed by atoms with van der Waals surface area (Å²) in [5, 5.41) is 12.5. The van der Waals surface area contributed by atoms with E-state index in [1.807, 2.05) is 12.4 Å².